The lowest BCUT2D eigenvalue weighted by Gasteiger charge is -2.32. The molecule has 11 heteroatoms. The van der Waals surface area contributed by atoms with Gasteiger partial charge < -0.3 is 14.2 Å². The number of Topliss-reactive ketones (excluding diaryl/α,β-unsaturated/α-hetero) is 1. The summed E-state index contributed by atoms with van der Waals surface area (Å²) in [5.41, 5.74) is 1.26. The number of hydrogen-bond donors (Lipinski definition) is 0. The number of rotatable bonds is 6. The number of allylic oxidation sites excluding steroid dienone is 3. The highest BCUT2D eigenvalue weighted by Gasteiger charge is 2.66. The predicted molar refractivity (Wildman–Crippen MR) is 125 cm³/mol. The van der Waals surface area contributed by atoms with Crippen molar-refractivity contribution in [3.8, 4) is 11.5 Å². The topological polar surface area (TPSA) is 69.5 Å². The molecular weight excluding hydrogens is 499 g/mol. The number of carbonyl (C=O) groups excluding carboxylic acids is 1. The number of ether oxygens (including phenoxy) is 3. The van der Waals surface area contributed by atoms with Crippen molar-refractivity contribution in [3.05, 3.63) is 82.9 Å². The summed E-state index contributed by atoms with van der Waals surface area (Å²) in [5, 5.41) is 0. The zero-order valence-electron chi connectivity index (χ0n) is 19.7. The third kappa shape index (κ3) is 5.25. The van der Waals surface area contributed by atoms with Gasteiger partial charge in [0.15, 0.2) is 17.3 Å². The molecule has 1 unspecified atom stereocenters. The Kier molecular flexibility index (Phi) is 7.15. The molecule has 194 valence electrons. The highest BCUT2D eigenvalue weighted by molar-refractivity contribution is 6.51. The summed E-state index contributed by atoms with van der Waals surface area (Å²) in [6, 6.07) is 10.7. The van der Waals surface area contributed by atoms with Crippen LogP contribution in [0.2, 0.25) is 0 Å². The van der Waals surface area contributed by atoms with E-state index in [0.29, 0.717) is 18.1 Å². The van der Waals surface area contributed by atoms with Crippen molar-refractivity contribution in [2.24, 2.45) is 9.98 Å². The van der Waals surface area contributed by atoms with E-state index in [0.717, 1.165) is 11.6 Å². The first-order valence-electron chi connectivity index (χ1n) is 11.0. The maximum absolute atomic E-state index is 15.0. The molecule has 2 heterocycles. The van der Waals surface area contributed by atoms with Gasteiger partial charge in [0, 0.05) is 30.8 Å². The Hall–Kier alpha value is -4.02. The number of carbonyl (C=O) groups is 1. The van der Waals surface area contributed by atoms with Crippen molar-refractivity contribution >= 4 is 17.7 Å². The lowest BCUT2D eigenvalue weighted by molar-refractivity contribution is -0.391. The Morgan fingerprint density at radius 2 is 1.78 bits per heavy atom. The molecule has 2 aromatic rings. The molecule has 2 aromatic carbocycles. The zero-order valence-corrected chi connectivity index (χ0v) is 19.7. The van der Waals surface area contributed by atoms with E-state index in [1.54, 1.807) is 13.1 Å². The standard InChI is InChI=1S/C26H21F5N2O4/c1-32-9-8-16(10-15-6-4-3-5-7-15)23-24(34)22(35-2)11-17(14-33-23)18-12-20-21(13-19(18)27)37-26(30,31)25(28,29)36-20/h3-9,11-13,17H,10,14H2,1-2H3/b16-8+,32-9?. The lowest BCUT2D eigenvalue weighted by Crippen LogP contribution is -2.52. The van der Waals surface area contributed by atoms with Crippen LogP contribution in [0.1, 0.15) is 17.0 Å². The summed E-state index contributed by atoms with van der Waals surface area (Å²) in [7, 11) is 2.81. The molecule has 4 rings (SSSR count). The second-order valence-electron chi connectivity index (χ2n) is 8.18. The number of fused-ring (bicyclic) bond motifs is 1. The summed E-state index contributed by atoms with van der Waals surface area (Å²) in [6.45, 7) is -0.174. The van der Waals surface area contributed by atoms with E-state index in [4.69, 9.17) is 4.74 Å². The molecule has 0 N–H and O–H groups in total. The predicted octanol–water partition coefficient (Wildman–Crippen LogP) is 5.29. The van der Waals surface area contributed by atoms with Gasteiger partial charge in [-0.1, -0.05) is 30.3 Å². The Balaban J connectivity index is 1.73. The third-order valence-corrected chi connectivity index (χ3v) is 5.70. The van der Waals surface area contributed by atoms with Gasteiger partial charge in [0.05, 0.1) is 13.7 Å². The van der Waals surface area contributed by atoms with E-state index < -0.39 is 41.2 Å². The first kappa shape index (κ1) is 26.1. The molecule has 0 saturated heterocycles. The number of hydrogen-bond acceptors (Lipinski definition) is 6. The molecule has 0 amide bonds. The first-order valence-corrected chi connectivity index (χ1v) is 11.0. The van der Waals surface area contributed by atoms with Gasteiger partial charge in [-0.05, 0) is 35.8 Å². The molecule has 0 radical (unpaired) electrons. The third-order valence-electron chi connectivity index (χ3n) is 5.70. The van der Waals surface area contributed by atoms with Crippen LogP contribution in [0, 0.1) is 5.82 Å². The molecule has 6 nitrogen and oxygen atoms in total. The fourth-order valence-corrected chi connectivity index (χ4v) is 3.88. The average molecular weight is 520 g/mol. The van der Waals surface area contributed by atoms with Gasteiger partial charge >= 0.3 is 12.2 Å². The van der Waals surface area contributed by atoms with Crippen molar-refractivity contribution in [2.45, 2.75) is 24.6 Å². The van der Waals surface area contributed by atoms with E-state index in [2.05, 4.69) is 19.5 Å². The molecule has 0 spiro atoms. The second-order valence-corrected chi connectivity index (χ2v) is 8.18. The number of aliphatic imine (C=N–C) groups is 2. The van der Waals surface area contributed by atoms with Gasteiger partial charge in [-0.25, -0.2) is 4.39 Å². The summed E-state index contributed by atoms with van der Waals surface area (Å²) in [5.74, 6) is -4.39. The van der Waals surface area contributed by atoms with Crippen molar-refractivity contribution in [1.82, 2.24) is 0 Å². The van der Waals surface area contributed by atoms with Crippen LogP contribution in [0.5, 0.6) is 11.5 Å². The maximum atomic E-state index is 15.0. The number of nitrogens with zero attached hydrogens (tertiary/aromatic N) is 2. The molecule has 2 aliphatic rings. The van der Waals surface area contributed by atoms with Crippen LogP contribution >= 0.6 is 0 Å². The average Bonchev–Trinajstić information content (AvgIpc) is 3.01. The van der Waals surface area contributed by atoms with Crippen molar-refractivity contribution in [3.63, 3.8) is 0 Å². The minimum Gasteiger partial charge on any atom is -0.493 e. The van der Waals surface area contributed by atoms with Crippen LogP contribution in [0.3, 0.4) is 0 Å². The Labute approximate surface area is 208 Å². The van der Waals surface area contributed by atoms with Gasteiger partial charge in [0.2, 0.25) is 5.78 Å². The fourth-order valence-electron chi connectivity index (χ4n) is 3.88. The molecule has 0 saturated carbocycles. The van der Waals surface area contributed by atoms with E-state index in [-0.39, 0.29) is 23.6 Å². The first-order chi connectivity index (χ1) is 17.6. The highest BCUT2D eigenvalue weighted by atomic mass is 19.3. The van der Waals surface area contributed by atoms with Crippen molar-refractivity contribution < 1.29 is 41.0 Å². The molecule has 0 aliphatic carbocycles. The molecule has 0 fully saturated rings. The van der Waals surface area contributed by atoms with Crippen molar-refractivity contribution in [1.29, 1.82) is 0 Å². The number of halogens is 5. The molecule has 2 aliphatic heterocycles. The van der Waals surface area contributed by atoms with Gasteiger partial charge in [-0.3, -0.25) is 14.8 Å². The van der Waals surface area contributed by atoms with E-state index >= 15 is 0 Å². The lowest BCUT2D eigenvalue weighted by atomic mass is 9.96. The number of benzene rings is 2. The van der Waals surface area contributed by atoms with E-state index in [9.17, 15) is 26.7 Å². The Bertz CT molecular complexity index is 1320. The molecule has 1 atom stereocenters. The largest absolute Gasteiger partial charge is 0.507 e. The Morgan fingerprint density at radius 3 is 2.41 bits per heavy atom. The van der Waals surface area contributed by atoms with Crippen molar-refractivity contribution in [2.75, 3.05) is 20.7 Å². The summed E-state index contributed by atoms with van der Waals surface area (Å²) < 4.78 is 82.7. The van der Waals surface area contributed by atoms with Crippen LogP contribution in [0.25, 0.3) is 0 Å². The SMILES string of the molecule is CN=C/C=C(\Cc1ccccc1)C1=NCC(c2cc3c(cc2F)OC(F)(F)C(F)(F)O3)C=C(OC)C1=O. The van der Waals surface area contributed by atoms with Gasteiger partial charge in [-0.2, -0.15) is 17.6 Å². The summed E-state index contributed by atoms with van der Waals surface area (Å²) in [4.78, 5) is 21.6. The fraction of sp³-hybridized carbons (Fsp3) is 0.269. The van der Waals surface area contributed by atoms with Gasteiger partial charge in [-0.15, -0.1) is 0 Å². The number of ketones is 1. The number of methoxy groups -OCH3 is 1. The zero-order chi connectivity index (χ0) is 26.8. The molecule has 37 heavy (non-hydrogen) atoms. The van der Waals surface area contributed by atoms with Gasteiger partial charge in [0.25, 0.3) is 0 Å². The van der Waals surface area contributed by atoms with Crippen LogP contribution < -0.4 is 9.47 Å². The van der Waals surface area contributed by atoms with Crippen LogP contribution in [-0.2, 0) is 16.0 Å². The minimum absolute atomic E-state index is 0.0588. The number of alkyl halides is 4. The van der Waals surface area contributed by atoms with Crippen LogP contribution in [0.15, 0.2) is 75.9 Å². The monoisotopic (exact) mass is 520 g/mol. The van der Waals surface area contributed by atoms with Crippen LogP contribution in [-0.4, -0.2) is 50.6 Å². The van der Waals surface area contributed by atoms with E-state index in [1.807, 2.05) is 30.3 Å². The molecule has 0 aromatic heterocycles. The minimum atomic E-state index is -4.98. The summed E-state index contributed by atoms with van der Waals surface area (Å²) in [6.07, 6.45) is -5.18. The van der Waals surface area contributed by atoms with Gasteiger partial charge in [0.1, 0.15) is 11.5 Å². The molecule has 0 bridgehead atoms. The molecular formula is C26H21F5N2O4. The normalized spacial score (nSPS) is 20.8. The quantitative estimate of drug-likeness (QED) is 0.384. The van der Waals surface area contributed by atoms with Crippen LogP contribution in [0.4, 0.5) is 22.0 Å². The second kappa shape index (κ2) is 10.2. The maximum Gasteiger partial charge on any atom is 0.507 e. The highest BCUT2D eigenvalue weighted by Crippen LogP contribution is 2.48. The Morgan fingerprint density at radius 1 is 1.14 bits per heavy atom. The summed E-state index contributed by atoms with van der Waals surface area (Å²) >= 11 is 0. The van der Waals surface area contributed by atoms with E-state index in [1.165, 1.54) is 19.4 Å². The smallest absolute Gasteiger partial charge is 0.493 e.